The van der Waals surface area contributed by atoms with Crippen LogP contribution in [0.5, 0.6) is 0 Å². The van der Waals surface area contributed by atoms with Crippen molar-refractivity contribution in [1.29, 1.82) is 0 Å². The molecule has 1 amide bonds. The van der Waals surface area contributed by atoms with E-state index in [1.807, 2.05) is 25.7 Å². The van der Waals surface area contributed by atoms with Crippen LogP contribution in [-0.4, -0.2) is 55.2 Å². The van der Waals surface area contributed by atoms with Gasteiger partial charge in [-0.15, -0.1) is 0 Å². The Balaban J connectivity index is 2.37. The average Bonchev–Trinajstić information content (AvgIpc) is 2.61. The van der Waals surface area contributed by atoms with Crippen LogP contribution in [0.1, 0.15) is 48.5 Å². The van der Waals surface area contributed by atoms with Crippen LogP contribution in [-0.2, 0) is 9.16 Å². The molecular weight excluding hydrogens is 428 g/mol. The fourth-order valence-electron chi connectivity index (χ4n) is 3.55. The number of hydrogen-bond donors (Lipinski definition) is 1. The second-order valence-corrected chi connectivity index (χ2v) is 15.9. The maximum Gasteiger partial charge on any atom is 0.408 e. The Morgan fingerprint density at radius 2 is 1.88 bits per heavy atom. The quantitative estimate of drug-likeness (QED) is 0.380. The molecule has 0 bridgehead atoms. The summed E-state index contributed by atoms with van der Waals surface area (Å²) in [5.74, 6) is 0.0191. The van der Waals surface area contributed by atoms with Crippen molar-refractivity contribution in [3.05, 3.63) is 28.6 Å². The maximum absolute atomic E-state index is 12.6. The third kappa shape index (κ3) is 6.41. The number of nitro groups is 1. The molecule has 180 valence electrons. The zero-order chi connectivity index (χ0) is 24.5. The highest BCUT2D eigenvalue weighted by molar-refractivity contribution is 6.74. The molecule has 0 aliphatic carbocycles. The second kappa shape index (κ2) is 9.34. The first kappa shape index (κ1) is 26.1. The lowest BCUT2D eigenvalue weighted by molar-refractivity contribution is -0.384. The van der Waals surface area contributed by atoms with Gasteiger partial charge in [-0.1, -0.05) is 27.7 Å². The minimum atomic E-state index is -2.13. The number of nitrogens with zero attached hydrogens (tertiary/aromatic N) is 3. The van der Waals surface area contributed by atoms with Crippen molar-refractivity contribution in [2.75, 3.05) is 18.0 Å². The summed E-state index contributed by atoms with van der Waals surface area (Å²) in [5.41, 5.74) is -0.206. The smallest absolute Gasteiger partial charge is 0.408 e. The maximum atomic E-state index is 12.6. The summed E-state index contributed by atoms with van der Waals surface area (Å²) in [6, 6.07) is 1.25. The highest BCUT2D eigenvalue weighted by atomic mass is 28.4. The summed E-state index contributed by atoms with van der Waals surface area (Å²) in [5, 5.41) is 14.5. The number of ether oxygens (including phenoxy) is 1. The topological polar surface area (TPSA) is 107 Å². The molecule has 32 heavy (non-hydrogen) atoms. The van der Waals surface area contributed by atoms with Gasteiger partial charge in [-0.2, -0.15) is 0 Å². The second-order valence-electron chi connectivity index (χ2n) is 11.1. The van der Waals surface area contributed by atoms with Crippen LogP contribution in [0.3, 0.4) is 0 Å². The van der Waals surface area contributed by atoms with Crippen molar-refractivity contribution in [3.63, 3.8) is 0 Å². The fraction of sp³-hybridized carbons (Fsp3) is 0.727. The van der Waals surface area contributed by atoms with E-state index in [-0.39, 0.29) is 22.7 Å². The number of piperidine rings is 1. The van der Waals surface area contributed by atoms with Crippen molar-refractivity contribution in [1.82, 2.24) is 10.3 Å². The van der Waals surface area contributed by atoms with Gasteiger partial charge < -0.3 is 19.4 Å². The summed E-state index contributed by atoms with van der Waals surface area (Å²) < 4.78 is 12.3. The lowest BCUT2D eigenvalue weighted by Gasteiger charge is -2.48. The van der Waals surface area contributed by atoms with E-state index in [0.29, 0.717) is 18.8 Å². The molecule has 1 aromatic rings. The van der Waals surface area contributed by atoms with Gasteiger partial charge in [0.05, 0.1) is 17.1 Å². The Morgan fingerprint density at radius 1 is 1.25 bits per heavy atom. The lowest BCUT2D eigenvalue weighted by Crippen LogP contribution is -2.62. The summed E-state index contributed by atoms with van der Waals surface area (Å²) in [6.07, 6.45) is 2.04. The molecule has 0 saturated carbocycles. The van der Waals surface area contributed by atoms with E-state index >= 15 is 0 Å². The van der Waals surface area contributed by atoms with E-state index in [9.17, 15) is 14.9 Å². The van der Waals surface area contributed by atoms with Crippen LogP contribution in [0, 0.1) is 16.0 Å². The first-order chi connectivity index (χ1) is 14.5. The molecule has 10 heteroatoms. The van der Waals surface area contributed by atoms with Gasteiger partial charge in [0.1, 0.15) is 17.5 Å². The number of rotatable bonds is 5. The van der Waals surface area contributed by atoms with Gasteiger partial charge in [-0.05, 0) is 45.0 Å². The Bertz CT molecular complexity index is 834. The highest BCUT2D eigenvalue weighted by Gasteiger charge is 2.45. The molecule has 1 saturated heterocycles. The van der Waals surface area contributed by atoms with Crippen LogP contribution in [0.2, 0.25) is 18.1 Å². The monoisotopic (exact) mass is 466 g/mol. The molecule has 2 heterocycles. The van der Waals surface area contributed by atoms with E-state index in [2.05, 4.69) is 51.1 Å². The van der Waals surface area contributed by atoms with E-state index in [0.717, 1.165) is 0 Å². The number of carbonyl (C=O) groups is 1. The Labute approximate surface area is 192 Å². The van der Waals surface area contributed by atoms with Crippen LogP contribution >= 0.6 is 0 Å². The number of anilines is 1. The molecule has 3 atom stereocenters. The summed E-state index contributed by atoms with van der Waals surface area (Å²) in [4.78, 5) is 29.6. The first-order valence-corrected chi connectivity index (χ1v) is 13.9. The van der Waals surface area contributed by atoms with Crippen molar-refractivity contribution in [2.45, 2.75) is 84.3 Å². The van der Waals surface area contributed by atoms with Crippen molar-refractivity contribution in [2.24, 2.45) is 5.92 Å². The number of amides is 1. The number of nitrogens with one attached hydrogen (secondary N) is 1. The number of aromatic nitrogens is 1. The van der Waals surface area contributed by atoms with Gasteiger partial charge in [0, 0.05) is 25.2 Å². The number of alkyl carbamates (subject to hydrolysis) is 1. The standard InChI is InChI=1S/C22H38N4O5Si/c1-15-13-25(17-10-11-23-12-18(17)26(28)29)14-16(24-20(27)30-21(2,3)4)19(15)31-32(8,9)22(5,6)7/h10-12,15-16,19H,13-14H2,1-9H3,(H,24,27). The molecule has 1 N–H and O–H groups in total. The van der Waals surface area contributed by atoms with Gasteiger partial charge in [0.25, 0.3) is 0 Å². The number of hydrogen-bond acceptors (Lipinski definition) is 7. The van der Waals surface area contributed by atoms with Gasteiger partial charge in [0.15, 0.2) is 8.32 Å². The average molecular weight is 467 g/mol. The summed E-state index contributed by atoms with van der Waals surface area (Å²) in [7, 11) is -2.13. The fourth-order valence-corrected chi connectivity index (χ4v) is 4.98. The van der Waals surface area contributed by atoms with Gasteiger partial charge in [-0.3, -0.25) is 15.1 Å². The Kier molecular flexibility index (Phi) is 7.61. The summed E-state index contributed by atoms with van der Waals surface area (Å²) >= 11 is 0. The zero-order valence-electron chi connectivity index (χ0n) is 20.8. The number of pyridine rings is 1. The molecule has 9 nitrogen and oxygen atoms in total. The summed E-state index contributed by atoms with van der Waals surface area (Å²) in [6.45, 7) is 19.3. The molecule has 1 aromatic heterocycles. The van der Waals surface area contributed by atoms with Crippen molar-refractivity contribution >= 4 is 25.8 Å². The van der Waals surface area contributed by atoms with Crippen LogP contribution < -0.4 is 10.2 Å². The normalized spacial score (nSPS) is 22.4. The SMILES string of the molecule is CC1CN(c2ccncc2[N+](=O)[O-])CC(NC(=O)OC(C)(C)C)C1O[Si](C)(C)C(C)(C)C. The van der Waals surface area contributed by atoms with E-state index in [4.69, 9.17) is 9.16 Å². The minimum absolute atomic E-state index is 0.00418. The van der Waals surface area contributed by atoms with Crippen molar-refractivity contribution in [3.8, 4) is 0 Å². The molecular formula is C22H38N4O5Si. The predicted octanol–water partition coefficient (Wildman–Crippen LogP) is 4.73. The van der Waals surface area contributed by atoms with Gasteiger partial charge in [-0.25, -0.2) is 4.79 Å². The molecule has 0 spiro atoms. The molecule has 1 aliphatic heterocycles. The Hall–Kier alpha value is -2.20. The van der Waals surface area contributed by atoms with Crippen LogP contribution in [0.25, 0.3) is 0 Å². The molecule has 1 aliphatic rings. The highest BCUT2D eigenvalue weighted by Crippen LogP contribution is 2.40. The van der Waals surface area contributed by atoms with E-state index in [1.165, 1.54) is 6.20 Å². The first-order valence-electron chi connectivity index (χ1n) is 11.0. The van der Waals surface area contributed by atoms with Crippen LogP contribution in [0.15, 0.2) is 18.5 Å². The van der Waals surface area contributed by atoms with Gasteiger partial charge in [0.2, 0.25) is 0 Å². The zero-order valence-corrected chi connectivity index (χ0v) is 21.8. The third-order valence-corrected chi connectivity index (χ3v) is 10.6. The molecule has 1 fully saturated rings. The predicted molar refractivity (Wildman–Crippen MR) is 127 cm³/mol. The molecule has 0 aromatic carbocycles. The van der Waals surface area contributed by atoms with Crippen molar-refractivity contribution < 1.29 is 18.9 Å². The largest absolute Gasteiger partial charge is 0.444 e. The molecule has 0 radical (unpaired) electrons. The number of carbonyl (C=O) groups excluding carboxylic acids is 1. The van der Waals surface area contributed by atoms with E-state index in [1.54, 1.807) is 12.3 Å². The lowest BCUT2D eigenvalue weighted by atomic mass is 9.92. The molecule has 3 unspecified atom stereocenters. The molecule has 2 rings (SSSR count). The minimum Gasteiger partial charge on any atom is -0.444 e. The Morgan fingerprint density at radius 3 is 2.41 bits per heavy atom. The third-order valence-electron chi connectivity index (χ3n) is 6.14. The van der Waals surface area contributed by atoms with E-state index < -0.39 is 31.0 Å². The van der Waals surface area contributed by atoms with Gasteiger partial charge >= 0.3 is 11.8 Å². The van der Waals surface area contributed by atoms with Crippen LogP contribution in [0.4, 0.5) is 16.2 Å².